The number of hydrogen-bond acceptors (Lipinski definition) is 8. The molecule has 10 heteroatoms. The third-order valence-corrected chi connectivity index (χ3v) is 9.21. The molecule has 4 aliphatic heterocycles. The molecular formula is C32H39FN6O3. The van der Waals surface area contributed by atoms with Crippen molar-refractivity contribution in [3.8, 4) is 11.9 Å². The number of carbonyl (C=O) groups is 1. The van der Waals surface area contributed by atoms with E-state index < -0.39 is 17.8 Å². The molecular weight excluding hydrogens is 535 g/mol. The minimum atomic E-state index is -0.997. The van der Waals surface area contributed by atoms with Gasteiger partial charge in [-0.2, -0.15) is 10.2 Å². The summed E-state index contributed by atoms with van der Waals surface area (Å²) in [5.74, 6) is -0.303. The summed E-state index contributed by atoms with van der Waals surface area (Å²) in [5, 5.41) is 9.49. The van der Waals surface area contributed by atoms with Crippen LogP contribution in [0.2, 0.25) is 0 Å². The first-order valence-electron chi connectivity index (χ1n) is 15.0. The maximum atomic E-state index is 13.8. The van der Waals surface area contributed by atoms with Crippen molar-refractivity contribution < 1.29 is 18.7 Å². The summed E-state index contributed by atoms with van der Waals surface area (Å²) in [6.45, 7) is 8.98. The van der Waals surface area contributed by atoms with Gasteiger partial charge in [0.1, 0.15) is 12.4 Å². The van der Waals surface area contributed by atoms with Crippen LogP contribution >= 0.6 is 0 Å². The third-order valence-electron chi connectivity index (χ3n) is 9.21. The van der Waals surface area contributed by atoms with Gasteiger partial charge in [0.25, 0.3) is 5.91 Å². The molecule has 0 radical (unpaired) electrons. The molecule has 2 aromatic rings. The van der Waals surface area contributed by atoms with Crippen molar-refractivity contribution in [3.63, 3.8) is 0 Å². The molecule has 2 atom stereocenters. The molecule has 42 heavy (non-hydrogen) atoms. The number of fused-ring (bicyclic) bond motifs is 2. The normalized spacial score (nSPS) is 22.4. The molecule has 0 spiro atoms. The molecule has 6 rings (SSSR count). The second kappa shape index (κ2) is 12.3. The van der Waals surface area contributed by atoms with Gasteiger partial charge in [0.15, 0.2) is 5.83 Å². The van der Waals surface area contributed by atoms with E-state index >= 15 is 0 Å². The number of hydrogen-bond donors (Lipinski definition) is 0. The van der Waals surface area contributed by atoms with Crippen molar-refractivity contribution in [2.75, 3.05) is 62.8 Å². The zero-order valence-electron chi connectivity index (χ0n) is 24.4. The first-order valence-corrected chi connectivity index (χ1v) is 15.0. The molecule has 1 aromatic heterocycles. The standard InChI is InChI=1S/C32H39FN6O3/c1-22(33)32(40)39-15-14-38(19-25(39)8-11-34)31-27-9-13-37(29-7-3-5-23-10-16-41-21-28(23)29)18-24(27)17-30(35-31)42-20-26-6-4-12-36(26)2/h3,5,7,17,25-26H,1,4,6,8-10,12-16,18-21H2,2H3/t25-,26-/m0/s1. The molecule has 2 fully saturated rings. The molecule has 0 bridgehead atoms. The van der Waals surface area contributed by atoms with E-state index in [1.807, 2.05) is 0 Å². The number of likely N-dealkylation sites (tertiary alicyclic amines) is 1. The second-order valence-corrected chi connectivity index (χ2v) is 11.8. The van der Waals surface area contributed by atoms with Gasteiger partial charge in [-0.1, -0.05) is 18.7 Å². The Labute approximate surface area is 247 Å². The molecule has 1 amide bonds. The number of pyridine rings is 1. The van der Waals surface area contributed by atoms with Gasteiger partial charge >= 0.3 is 0 Å². The topological polar surface area (TPSA) is 85.2 Å². The number of anilines is 2. The van der Waals surface area contributed by atoms with Crippen LogP contribution in [-0.2, 0) is 35.5 Å². The van der Waals surface area contributed by atoms with Gasteiger partial charge < -0.3 is 29.1 Å². The third kappa shape index (κ3) is 5.68. The zero-order chi connectivity index (χ0) is 29.2. The van der Waals surface area contributed by atoms with Crippen molar-refractivity contribution >= 4 is 17.4 Å². The van der Waals surface area contributed by atoms with E-state index in [4.69, 9.17) is 14.5 Å². The van der Waals surface area contributed by atoms with Crippen LogP contribution in [0.1, 0.15) is 41.5 Å². The Kier molecular flexibility index (Phi) is 8.31. The molecule has 0 unspecified atom stereocenters. The highest BCUT2D eigenvalue weighted by molar-refractivity contribution is 5.91. The predicted molar refractivity (Wildman–Crippen MR) is 158 cm³/mol. The fourth-order valence-corrected chi connectivity index (χ4v) is 6.87. The Balaban J connectivity index is 1.31. The summed E-state index contributed by atoms with van der Waals surface area (Å²) >= 11 is 0. The molecule has 0 aliphatic carbocycles. The monoisotopic (exact) mass is 574 g/mol. The lowest BCUT2D eigenvalue weighted by Crippen LogP contribution is -2.55. The number of aromatic nitrogens is 1. The number of nitriles is 1. The fourth-order valence-electron chi connectivity index (χ4n) is 6.87. The Morgan fingerprint density at radius 3 is 2.83 bits per heavy atom. The van der Waals surface area contributed by atoms with E-state index in [9.17, 15) is 14.4 Å². The van der Waals surface area contributed by atoms with Gasteiger partial charge in [-0.15, -0.1) is 0 Å². The van der Waals surface area contributed by atoms with Crippen molar-refractivity contribution in [3.05, 3.63) is 58.9 Å². The summed E-state index contributed by atoms with van der Waals surface area (Å²) in [4.78, 5) is 25.9. The Bertz CT molecular complexity index is 1390. The number of amides is 1. The first-order chi connectivity index (χ1) is 20.4. The number of rotatable bonds is 7. The number of nitrogens with zero attached hydrogens (tertiary/aromatic N) is 6. The van der Waals surface area contributed by atoms with Crippen LogP contribution in [0.15, 0.2) is 36.7 Å². The molecule has 1 aromatic carbocycles. The van der Waals surface area contributed by atoms with Crippen LogP contribution in [-0.4, -0.2) is 85.8 Å². The highest BCUT2D eigenvalue weighted by Gasteiger charge is 2.35. The van der Waals surface area contributed by atoms with E-state index in [1.165, 1.54) is 39.3 Å². The SMILES string of the molecule is C=C(F)C(=O)N1CCN(c2nc(OC[C@@H]3CCCN3C)cc3c2CCN(c2cccc4c2COCC4)C3)C[C@@H]1CC#N. The first kappa shape index (κ1) is 28.4. The van der Waals surface area contributed by atoms with E-state index in [0.29, 0.717) is 44.8 Å². The van der Waals surface area contributed by atoms with Gasteiger partial charge in [-0.25, -0.2) is 4.39 Å². The minimum Gasteiger partial charge on any atom is -0.476 e. The fraction of sp³-hybridized carbons (Fsp3) is 0.531. The lowest BCUT2D eigenvalue weighted by molar-refractivity contribution is -0.131. The average molecular weight is 575 g/mol. The van der Waals surface area contributed by atoms with E-state index in [2.05, 4.69) is 58.7 Å². The van der Waals surface area contributed by atoms with Crippen LogP contribution in [0.3, 0.4) is 0 Å². The molecule has 222 valence electrons. The number of benzene rings is 1. The van der Waals surface area contributed by atoms with E-state index in [-0.39, 0.29) is 6.42 Å². The predicted octanol–water partition coefficient (Wildman–Crippen LogP) is 3.60. The highest BCUT2D eigenvalue weighted by Crippen LogP contribution is 2.36. The molecule has 9 nitrogen and oxygen atoms in total. The Hall–Kier alpha value is -3.68. The maximum Gasteiger partial charge on any atom is 0.282 e. The highest BCUT2D eigenvalue weighted by atomic mass is 19.1. The molecule has 0 N–H and O–H groups in total. The summed E-state index contributed by atoms with van der Waals surface area (Å²) in [7, 11) is 2.14. The van der Waals surface area contributed by atoms with Gasteiger partial charge in [-0.3, -0.25) is 4.79 Å². The summed E-state index contributed by atoms with van der Waals surface area (Å²) in [5.41, 5.74) is 6.19. The molecule has 2 saturated heterocycles. The van der Waals surface area contributed by atoms with E-state index in [1.54, 1.807) is 0 Å². The number of ether oxygens (including phenoxy) is 2. The molecule has 4 aliphatic rings. The Morgan fingerprint density at radius 2 is 2.05 bits per heavy atom. The largest absolute Gasteiger partial charge is 0.476 e. The summed E-state index contributed by atoms with van der Waals surface area (Å²) < 4.78 is 26.0. The van der Waals surface area contributed by atoms with Crippen LogP contribution in [0.5, 0.6) is 5.88 Å². The van der Waals surface area contributed by atoms with Crippen molar-refractivity contribution in [1.29, 1.82) is 5.26 Å². The molecule has 5 heterocycles. The summed E-state index contributed by atoms with van der Waals surface area (Å²) in [6.07, 6.45) is 4.12. The average Bonchev–Trinajstić information content (AvgIpc) is 3.43. The van der Waals surface area contributed by atoms with Crippen molar-refractivity contribution in [1.82, 2.24) is 14.8 Å². The van der Waals surface area contributed by atoms with Crippen LogP contribution in [0, 0.1) is 11.3 Å². The van der Waals surface area contributed by atoms with Gasteiger partial charge in [0.2, 0.25) is 5.88 Å². The number of halogens is 1. The smallest absolute Gasteiger partial charge is 0.282 e. The zero-order valence-corrected chi connectivity index (χ0v) is 24.4. The maximum absolute atomic E-state index is 13.8. The van der Waals surface area contributed by atoms with Gasteiger partial charge in [-0.05, 0) is 56.5 Å². The van der Waals surface area contributed by atoms with E-state index in [0.717, 1.165) is 51.3 Å². The molecule has 0 saturated carbocycles. The minimum absolute atomic E-state index is 0.108. The summed E-state index contributed by atoms with van der Waals surface area (Å²) in [6, 6.07) is 10.7. The van der Waals surface area contributed by atoms with Crippen molar-refractivity contribution in [2.24, 2.45) is 0 Å². The lowest BCUT2D eigenvalue weighted by atomic mass is 9.96. The quantitative estimate of drug-likeness (QED) is 0.464. The van der Waals surface area contributed by atoms with Crippen molar-refractivity contribution in [2.45, 2.75) is 57.3 Å². The van der Waals surface area contributed by atoms with Crippen LogP contribution in [0.25, 0.3) is 0 Å². The van der Waals surface area contributed by atoms with Gasteiger partial charge in [0.05, 0.1) is 31.7 Å². The van der Waals surface area contributed by atoms with Crippen LogP contribution < -0.4 is 14.5 Å². The number of carbonyl (C=O) groups excluding carboxylic acids is 1. The number of piperazine rings is 1. The second-order valence-electron chi connectivity index (χ2n) is 11.8. The van der Waals surface area contributed by atoms with Crippen LogP contribution in [0.4, 0.5) is 15.9 Å². The Morgan fingerprint density at radius 1 is 1.17 bits per heavy atom. The number of likely N-dealkylation sites (N-methyl/N-ethyl adjacent to an activating group) is 1. The van der Waals surface area contributed by atoms with Gasteiger partial charge in [0, 0.05) is 61.6 Å². The lowest BCUT2D eigenvalue weighted by Gasteiger charge is -2.42.